The average molecular weight is 418 g/mol. The summed E-state index contributed by atoms with van der Waals surface area (Å²) in [4.78, 5) is 18.0. The average Bonchev–Trinajstić information content (AvgIpc) is 2.96. The number of nitrogens with one attached hydrogen (secondary N) is 1. The zero-order valence-electron chi connectivity index (χ0n) is 14.2. The van der Waals surface area contributed by atoms with Gasteiger partial charge in [0.25, 0.3) is 0 Å². The topological polar surface area (TPSA) is 54.5 Å². The molecule has 27 heavy (non-hydrogen) atoms. The maximum absolute atomic E-state index is 12.4. The first-order valence-corrected chi connectivity index (χ1v) is 8.34. The number of carbonyl (C=O) groups excluding carboxylic acids is 1. The molecule has 0 aliphatic carbocycles. The minimum Gasteiger partial charge on any atom is -0.406 e. The summed E-state index contributed by atoms with van der Waals surface area (Å²) >= 11 is 1.11. The first kappa shape index (κ1) is 20.8. The van der Waals surface area contributed by atoms with Gasteiger partial charge in [0.2, 0.25) is 5.91 Å². The lowest BCUT2D eigenvalue weighted by molar-refractivity contribution is -0.274. The number of amides is 1. The van der Waals surface area contributed by atoms with E-state index in [1.165, 1.54) is 30.0 Å². The number of hydrogen-bond acceptors (Lipinski definition) is 5. The molecule has 5 nitrogen and oxygen atoms in total. The Morgan fingerprint density at radius 2 is 1.93 bits per heavy atom. The molecule has 2 aromatic carbocycles. The summed E-state index contributed by atoms with van der Waals surface area (Å²) in [7, 11) is 1.73. The highest BCUT2D eigenvalue weighted by molar-refractivity contribution is 7.22. The van der Waals surface area contributed by atoms with E-state index in [2.05, 4.69) is 15.0 Å². The smallest absolute Gasteiger partial charge is 0.406 e. The van der Waals surface area contributed by atoms with E-state index in [1.807, 2.05) is 12.1 Å². The van der Waals surface area contributed by atoms with Crippen LogP contribution in [0.2, 0.25) is 0 Å². The van der Waals surface area contributed by atoms with Gasteiger partial charge in [-0.3, -0.25) is 9.69 Å². The number of nitrogens with zero attached hydrogens (tertiary/aromatic N) is 2. The molecule has 144 valence electrons. The predicted octanol–water partition coefficient (Wildman–Crippen LogP) is 5.34. The van der Waals surface area contributed by atoms with E-state index >= 15 is 0 Å². The van der Waals surface area contributed by atoms with Gasteiger partial charge in [-0.25, -0.2) is 4.98 Å². The van der Waals surface area contributed by atoms with Crippen LogP contribution in [0.3, 0.4) is 0 Å². The number of thiazole rings is 1. The normalized spacial score (nSPS) is 11.0. The van der Waals surface area contributed by atoms with Crippen LogP contribution in [-0.2, 0) is 4.79 Å². The summed E-state index contributed by atoms with van der Waals surface area (Å²) in [6.07, 6.45) is -4.77. The largest absolute Gasteiger partial charge is 0.573 e. The van der Waals surface area contributed by atoms with Crippen molar-refractivity contribution in [3.63, 3.8) is 0 Å². The molecule has 1 N–H and O–H groups in total. The zero-order valence-corrected chi connectivity index (χ0v) is 15.8. The van der Waals surface area contributed by atoms with E-state index in [1.54, 1.807) is 19.2 Å². The van der Waals surface area contributed by atoms with Crippen LogP contribution in [0.25, 0.3) is 10.2 Å². The predicted molar refractivity (Wildman–Crippen MR) is 102 cm³/mol. The second-order valence-electron chi connectivity index (χ2n) is 5.30. The Morgan fingerprint density at radius 1 is 1.22 bits per heavy atom. The third-order valence-corrected chi connectivity index (χ3v) is 4.51. The number of ether oxygens (including phenoxy) is 1. The van der Waals surface area contributed by atoms with E-state index < -0.39 is 6.36 Å². The third kappa shape index (κ3) is 4.61. The molecule has 10 heteroatoms. The highest BCUT2D eigenvalue weighted by Gasteiger charge is 2.31. The molecular formula is C17H15ClF3N3O2S. The zero-order chi connectivity index (χ0) is 18.9. The van der Waals surface area contributed by atoms with Crippen LogP contribution in [0.4, 0.5) is 29.7 Å². The molecule has 0 unspecified atom stereocenters. The number of fused-ring (bicyclic) bond motifs is 1. The maximum atomic E-state index is 12.4. The van der Waals surface area contributed by atoms with Crippen LogP contribution in [-0.4, -0.2) is 24.3 Å². The number of benzene rings is 2. The second kappa shape index (κ2) is 8.01. The van der Waals surface area contributed by atoms with Gasteiger partial charge >= 0.3 is 6.36 Å². The second-order valence-corrected chi connectivity index (χ2v) is 6.30. The van der Waals surface area contributed by atoms with Crippen molar-refractivity contribution in [2.75, 3.05) is 17.3 Å². The Balaban J connectivity index is 0.00000261. The van der Waals surface area contributed by atoms with E-state index in [9.17, 15) is 18.0 Å². The molecule has 3 aromatic rings. The van der Waals surface area contributed by atoms with Gasteiger partial charge in [0.05, 0.1) is 21.6 Å². The summed E-state index contributed by atoms with van der Waals surface area (Å²) < 4.78 is 41.6. The summed E-state index contributed by atoms with van der Waals surface area (Å²) in [6, 6.07) is 11.1. The van der Waals surface area contributed by atoms with Crippen LogP contribution in [0.5, 0.6) is 5.75 Å². The van der Waals surface area contributed by atoms with E-state index in [0.29, 0.717) is 21.0 Å². The van der Waals surface area contributed by atoms with Crippen molar-refractivity contribution < 1.29 is 22.7 Å². The molecular weight excluding hydrogens is 403 g/mol. The third-order valence-electron chi connectivity index (χ3n) is 3.50. The summed E-state index contributed by atoms with van der Waals surface area (Å²) in [5, 5.41) is 3.37. The Morgan fingerprint density at radius 3 is 2.56 bits per heavy atom. The van der Waals surface area contributed by atoms with Crippen molar-refractivity contribution in [3.8, 4) is 5.75 Å². The molecule has 0 spiro atoms. The van der Waals surface area contributed by atoms with Gasteiger partial charge in [-0.2, -0.15) is 0 Å². The number of halogens is 4. The summed E-state index contributed by atoms with van der Waals surface area (Å²) in [5.74, 6) is -0.594. The Hall–Kier alpha value is -2.52. The van der Waals surface area contributed by atoms with Crippen LogP contribution in [0.1, 0.15) is 6.92 Å². The first-order valence-electron chi connectivity index (χ1n) is 7.52. The van der Waals surface area contributed by atoms with Gasteiger partial charge in [-0.05, 0) is 24.3 Å². The lowest BCUT2D eigenvalue weighted by atomic mass is 10.2. The molecule has 1 heterocycles. The molecule has 3 rings (SSSR count). The number of alkyl halides is 3. The minimum absolute atomic E-state index is 0. The van der Waals surface area contributed by atoms with Crippen LogP contribution in [0, 0.1) is 0 Å². The fraction of sp³-hybridized carbons (Fsp3) is 0.176. The van der Waals surface area contributed by atoms with E-state index in [0.717, 1.165) is 17.0 Å². The van der Waals surface area contributed by atoms with Crippen molar-refractivity contribution in [3.05, 3.63) is 42.5 Å². The van der Waals surface area contributed by atoms with E-state index in [4.69, 9.17) is 0 Å². The first-order chi connectivity index (χ1) is 12.3. The molecule has 0 atom stereocenters. The van der Waals surface area contributed by atoms with Gasteiger partial charge in [0.15, 0.2) is 5.13 Å². The monoisotopic (exact) mass is 417 g/mol. The van der Waals surface area contributed by atoms with Crippen molar-refractivity contribution in [1.29, 1.82) is 0 Å². The van der Waals surface area contributed by atoms with Crippen molar-refractivity contribution in [1.82, 2.24) is 4.98 Å². The molecule has 0 saturated carbocycles. The molecule has 1 amide bonds. The molecule has 0 aliphatic rings. The van der Waals surface area contributed by atoms with Gasteiger partial charge in [-0.1, -0.05) is 23.5 Å². The minimum atomic E-state index is -4.77. The highest BCUT2D eigenvalue weighted by atomic mass is 35.5. The van der Waals surface area contributed by atoms with Crippen molar-refractivity contribution in [2.24, 2.45) is 0 Å². The Labute approximate surface area is 163 Å². The number of rotatable bonds is 4. The van der Waals surface area contributed by atoms with Gasteiger partial charge in [-0.15, -0.1) is 25.6 Å². The number of para-hydroxylation sites is 2. The van der Waals surface area contributed by atoms with Crippen molar-refractivity contribution in [2.45, 2.75) is 13.3 Å². The number of anilines is 3. The van der Waals surface area contributed by atoms with Crippen LogP contribution < -0.4 is 15.0 Å². The quantitative estimate of drug-likeness (QED) is 0.622. The van der Waals surface area contributed by atoms with Crippen LogP contribution in [0.15, 0.2) is 42.5 Å². The number of hydrogen-bond donors (Lipinski definition) is 1. The SMILES string of the molecule is CNc1ccccc1N(C(C)=O)c1nc2ccc(OC(F)(F)F)cc2s1.Cl. The van der Waals surface area contributed by atoms with Gasteiger partial charge in [0.1, 0.15) is 5.75 Å². The molecule has 0 fully saturated rings. The molecule has 0 aliphatic heterocycles. The fourth-order valence-electron chi connectivity index (χ4n) is 2.47. The fourth-order valence-corrected chi connectivity index (χ4v) is 3.53. The summed E-state index contributed by atoms with van der Waals surface area (Å²) in [5.41, 5.74) is 1.81. The van der Waals surface area contributed by atoms with E-state index in [-0.39, 0.29) is 24.1 Å². The molecule has 0 radical (unpaired) electrons. The maximum Gasteiger partial charge on any atom is 0.573 e. The van der Waals surface area contributed by atoms with Gasteiger partial charge < -0.3 is 10.1 Å². The van der Waals surface area contributed by atoms with Crippen molar-refractivity contribution >= 4 is 56.4 Å². The molecule has 0 bridgehead atoms. The lowest BCUT2D eigenvalue weighted by Gasteiger charge is -2.20. The van der Waals surface area contributed by atoms with Gasteiger partial charge in [0, 0.05) is 20.0 Å². The molecule has 0 saturated heterocycles. The number of carbonyl (C=O) groups is 1. The van der Waals surface area contributed by atoms with Crippen LogP contribution >= 0.6 is 23.7 Å². The molecule has 1 aromatic heterocycles. The lowest BCUT2D eigenvalue weighted by Crippen LogP contribution is -2.23. The Kier molecular flexibility index (Phi) is 6.17. The Bertz CT molecular complexity index is 962. The standard InChI is InChI=1S/C17H14F3N3O2S.ClH/c1-10(24)23(14-6-4-3-5-12(14)21-2)16-22-13-8-7-11(9-15(13)26-16)25-17(18,19)20;/h3-9,21H,1-2H3;1H. The summed E-state index contributed by atoms with van der Waals surface area (Å²) in [6.45, 7) is 1.40. The number of aromatic nitrogens is 1. The highest BCUT2D eigenvalue weighted by Crippen LogP contribution is 2.38.